The Bertz CT molecular complexity index is 937. The molecule has 0 radical (unpaired) electrons. The van der Waals surface area contributed by atoms with Gasteiger partial charge in [0.25, 0.3) is 5.91 Å². The predicted octanol–water partition coefficient (Wildman–Crippen LogP) is 3.80. The van der Waals surface area contributed by atoms with Crippen molar-refractivity contribution in [1.29, 1.82) is 0 Å². The number of amides is 1. The molecule has 27 heavy (non-hydrogen) atoms. The van der Waals surface area contributed by atoms with E-state index >= 15 is 0 Å². The topological polar surface area (TPSA) is 90.6 Å². The molecule has 0 saturated carbocycles. The van der Waals surface area contributed by atoms with Crippen LogP contribution in [-0.2, 0) is 13.0 Å². The maximum absolute atomic E-state index is 12.7. The molecule has 140 valence electrons. The summed E-state index contributed by atoms with van der Waals surface area (Å²) in [5.74, 6) is -0.202. The first kappa shape index (κ1) is 18.6. The Labute approximate surface area is 158 Å². The normalized spacial score (nSPS) is 10.8. The Morgan fingerprint density at radius 2 is 1.89 bits per heavy atom. The van der Waals surface area contributed by atoms with Crippen molar-refractivity contribution in [2.24, 2.45) is 0 Å². The monoisotopic (exact) mass is 364 g/mol. The van der Waals surface area contributed by atoms with Gasteiger partial charge in [-0.3, -0.25) is 14.7 Å². The van der Waals surface area contributed by atoms with Crippen LogP contribution < -0.4 is 5.32 Å². The van der Waals surface area contributed by atoms with E-state index in [-0.39, 0.29) is 11.7 Å². The lowest BCUT2D eigenvalue weighted by Crippen LogP contribution is -2.24. The highest BCUT2D eigenvalue weighted by Gasteiger charge is 2.21. The minimum atomic E-state index is -0.188. The average Bonchev–Trinajstić information content (AvgIpc) is 3.29. The van der Waals surface area contributed by atoms with Crippen LogP contribution in [0.25, 0.3) is 11.3 Å². The fourth-order valence-corrected chi connectivity index (χ4v) is 3.34. The zero-order valence-corrected chi connectivity index (χ0v) is 15.8. The first-order chi connectivity index (χ1) is 13.0. The lowest BCUT2D eigenvalue weighted by molar-refractivity contribution is 0.0945. The molecule has 0 aliphatic rings. The number of ketones is 1. The van der Waals surface area contributed by atoms with Crippen LogP contribution in [0.1, 0.15) is 57.9 Å². The molecule has 6 nitrogen and oxygen atoms in total. The lowest BCUT2D eigenvalue weighted by Gasteiger charge is -2.08. The van der Waals surface area contributed by atoms with Crippen LogP contribution in [0, 0.1) is 6.92 Å². The number of aryl methyl sites for hydroxylation is 1. The Kier molecular flexibility index (Phi) is 5.54. The van der Waals surface area contributed by atoms with E-state index < -0.39 is 0 Å². The smallest absolute Gasteiger partial charge is 0.268 e. The molecule has 0 unspecified atom stereocenters. The van der Waals surface area contributed by atoms with Gasteiger partial charge < -0.3 is 10.3 Å². The number of benzene rings is 1. The number of Topliss-reactive ketones (excluding diaryl/α,β-unsaturated/α-hetero) is 1. The molecule has 3 rings (SSSR count). The third-order valence-electron chi connectivity index (χ3n) is 4.59. The number of hydrogen-bond donors (Lipinski definition) is 3. The van der Waals surface area contributed by atoms with Gasteiger partial charge in [-0.1, -0.05) is 37.6 Å². The van der Waals surface area contributed by atoms with E-state index in [2.05, 4.69) is 20.5 Å². The zero-order valence-electron chi connectivity index (χ0n) is 15.8. The van der Waals surface area contributed by atoms with Crippen LogP contribution in [0.3, 0.4) is 0 Å². The Morgan fingerprint density at radius 3 is 2.48 bits per heavy atom. The van der Waals surface area contributed by atoms with Gasteiger partial charge in [-0.2, -0.15) is 5.10 Å². The van der Waals surface area contributed by atoms with Crippen molar-refractivity contribution in [2.75, 3.05) is 0 Å². The van der Waals surface area contributed by atoms with Gasteiger partial charge in [-0.05, 0) is 43.0 Å². The van der Waals surface area contributed by atoms with E-state index in [4.69, 9.17) is 0 Å². The number of carbonyl (C=O) groups is 2. The average molecular weight is 364 g/mol. The summed E-state index contributed by atoms with van der Waals surface area (Å²) in [7, 11) is 0. The highest BCUT2D eigenvalue weighted by Crippen LogP contribution is 2.22. The van der Waals surface area contributed by atoms with Gasteiger partial charge in [0.15, 0.2) is 5.78 Å². The zero-order chi connectivity index (χ0) is 19.4. The number of H-pyrrole nitrogens is 2. The Hall–Kier alpha value is -3.15. The van der Waals surface area contributed by atoms with Crippen LogP contribution in [0.2, 0.25) is 0 Å². The van der Waals surface area contributed by atoms with Crippen LogP contribution in [0.15, 0.2) is 36.5 Å². The molecular formula is C21H24N4O2. The summed E-state index contributed by atoms with van der Waals surface area (Å²) in [6, 6.07) is 9.84. The van der Waals surface area contributed by atoms with Gasteiger partial charge in [0.05, 0.1) is 5.69 Å². The van der Waals surface area contributed by atoms with E-state index in [1.807, 2.05) is 44.2 Å². The second-order valence-corrected chi connectivity index (χ2v) is 6.63. The number of hydrogen-bond acceptors (Lipinski definition) is 3. The molecule has 0 aliphatic carbocycles. The molecular weight excluding hydrogens is 340 g/mol. The Balaban J connectivity index is 1.72. The van der Waals surface area contributed by atoms with E-state index in [1.165, 1.54) is 6.92 Å². The van der Waals surface area contributed by atoms with E-state index in [9.17, 15) is 9.59 Å². The highest BCUT2D eigenvalue weighted by atomic mass is 16.2. The Morgan fingerprint density at radius 1 is 1.15 bits per heavy atom. The molecule has 2 heterocycles. The fraction of sp³-hybridized carbons (Fsp3) is 0.286. The van der Waals surface area contributed by atoms with Crippen molar-refractivity contribution in [3.05, 3.63) is 64.6 Å². The molecule has 0 saturated heterocycles. The van der Waals surface area contributed by atoms with Crippen molar-refractivity contribution in [3.8, 4) is 11.3 Å². The van der Waals surface area contributed by atoms with Crippen LogP contribution >= 0.6 is 0 Å². The quantitative estimate of drug-likeness (QED) is 0.557. The van der Waals surface area contributed by atoms with Crippen molar-refractivity contribution < 1.29 is 9.59 Å². The molecule has 0 fully saturated rings. The summed E-state index contributed by atoms with van der Waals surface area (Å²) in [6.07, 6.45) is 3.28. The van der Waals surface area contributed by atoms with Crippen molar-refractivity contribution >= 4 is 11.7 Å². The summed E-state index contributed by atoms with van der Waals surface area (Å²) < 4.78 is 0. The third kappa shape index (κ3) is 4.00. The van der Waals surface area contributed by atoms with Crippen LogP contribution in [-0.4, -0.2) is 26.9 Å². The van der Waals surface area contributed by atoms with Crippen LogP contribution in [0.5, 0.6) is 0 Å². The molecule has 1 amide bonds. The van der Waals surface area contributed by atoms with E-state index in [0.29, 0.717) is 24.2 Å². The van der Waals surface area contributed by atoms with Crippen LogP contribution in [0.4, 0.5) is 0 Å². The van der Waals surface area contributed by atoms with Crippen molar-refractivity contribution in [3.63, 3.8) is 0 Å². The van der Waals surface area contributed by atoms with Crippen molar-refractivity contribution in [2.45, 2.75) is 40.2 Å². The minimum absolute atomic E-state index is 0.0133. The SMILES string of the molecule is CCCc1c(C(=O)NCc2ccc(-c3ccn[nH]3)cc2)[nH]c(C)c1C(C)=O. The van der Waals surface area contributed by atoms with Crippen molar-refractivity contribution in [1.82, 2.24) is 20.5 Å². The summed E-state index contributed by atoms with van der Waals surface area (Å²) in [6.45, 7) is 5.83. The molecule has 0 atom stereocenters. The molecule has 0 bridgehead atoms. The molecule has 1 aromatic carbocycles. The van der Waals surface area contributed by atoms with Gasteiger partial charge in [0, 0.05) is 24.0 Å². The third-order valence-corrected chi connectivity index (χ3v) is 4.59. The highest BCUT2D eigenvalue weighted by molar-refractivity contribution is 6.02. The second-order valence-electron chi connectivity index (χ2n) is 6.63. The van der Waals surface area contributed by atoms with Gasteiger partial charge in [0.1, 0.15) is 5.69 Å². The number of aromatic amines is 2. The maximum atomic E-state index is 12.7. The lowest BCUT2D eigenvalue weighted by atomic mass is 10.0. The van der Waals surface area contributed by atoms with Gasteiger partial charge in [-0.15, -0.1) is 0 Å². The predicted molar refractivity (Wildman–Crippen MR) is 105 cm³/mol. The minimum Gasteiger partial charge on any atom is -0.354 e. The number of rotatable bonds is 7. The molecule has 3 aromatic rings. The summed E-state index contributed by atoms with van der Waals surface area (Å²) >= 11 is 0. The molecule has 0 aliphatic heterocycles. The standard InChI is InChI=1S/C21H24N4O2/c1-4-5-17-19(14(3)26)13(2)24-20(17)21(27)22-12-15-6-8-16(9-7-15)18-10-11-23-25-18/h6-11,24H,4-5,12H2,1-3H3,(H,22,27)(H,23,25). The van der Waals surface area contributed by atoms with E-state index in [0.717, 1.165) is 34.5 Å². The summed E-state index contributed by atoms with van der Waals surface area (Å²) in [5.41, 5.74) is 5.69. The largest absolute Gasteiger partial charge is 0.354 e. The molecule has 3 N–H and O–H groups in total. The first-order valence-corrected chi connectivity index (χ1v) is 9.10. The first-order valence-electron chi connectivity index (χ1n) is 9.10. The number of aromatic nitrogens is 3. The molecule has 2 aromatic heterocycles. The molecule has 6 heteroatoms. The van der Waals surface area contributed by atoms with E-state index in [1.54, 1.807) is 6.20 Å². The fourth-order valence-electron chi connectivity index (χ4n) is 3.34. The summed E-state index contributed by atoms with van der Waals surface area (Å²) in [5, 5.41) is 9.82. The van der Waals surface area contributed by atoms with Gasteiger partial charge in [0.2, 0.25) is 0 Å². The molecule has 0 spiro atoms. The number of carbonyl (C=O) groups excluding carboxylic acids is 2. The van der Waals surface area contributed by atoms with Gasteiger partial charge >= 0.3 is 0 Å². The maximum Gasteiger partial charge on any atom is 0.268 e. The second kappa shape index (κ2) is 8.03. The number of nitrogens with one attached hydrogen (secondary N) is 3. The summed E-state index contributed by atoms with van der Waals surface area (Å²) in [4.78, 5) is 27.7. The number of nitrogens with zero attached hydrogens (tertiary/aromatic N) is 1. The van der Waals surface area contributed by atoms with Gasteiger partial charge in [-0.25, -0.2) is 0 Å².